The first-order chi connectivity index (χ1) is 11.1. The van der Waals surface area contributed by atoms with Crippen LogP contribution >= 0.6 is 0 Å². The Labute approximate surface area is 143 Å². The van der Waals surface area contributed by atoms with E-state index < -0.39 is 5.97 Å². The zero-order chi connectivity index (χ0) is 18.6. The summed E-state index contributed by atoms with van der Waals surface area (Å²) in [4.78, 5) is 38.5. The molecular weight excluding hydrogens is 308 g/mol. The molecular formula is C18H28N2O4. The number of methoxy groups -OCH3 is 1. The Bertz CT molecular complexity index is 644. The van der Waals surface area contributed by atoms with Crippen molar-refractivity contribution >= 4 is 17.7 Å². The first-order valence-corrected chi connectivity index (χ1v) is 8.20. The van der Waals surface area contributed by atoms with Gasteiger partial charge in [-0.15, -0.1) is 0 Å². The van der Waals surface area contributed by atoms with E-state index in [1.807, 2.05) is 13.8 Å². The van der Waals surface area contributed by atoms with Gasteiger partial charge < -0.3 is 14.2 Å². The van der Waals surface area contributed by atoms with Crippen LogP contribution in [-0.4, -0.2) is 47.3 Å². The molecule has 24 heavy (non-hydrogen) atoms. The van der Waals surface area contributed by atoms with Gasteiger partial charge in [-0.05, 0) is 25.3 Å². The number of ether oxygens (including phenoxy) is 1. The van der Waals surface area contributed by atoms with Crippen molar-refractivity contribution in [3.05, 3.63) is 22.5 Å². The maximum absolute atomic E-state index is 12.8. The molecule has 1 aromatic heterocycles. The third-order valence-corrected chi connectivity index (χ3v) is 4.16. The molecule has 0 aliphatic carbocycles. The minimum atomic E-state index is -0.471. The predicted molar refractivity (Wildman–Crippen MR) is 92.3 cm³/mol. The van der Waals surface area contributed by atoms with Gasteiger partial charge in [0.05, 0.1) is 13.7 Å². The average Bonchev–Trinajstić information content (AvgIpc) is 2.74. The number of Topliss-reactive ketones (excluding diaryl/α,β-unsaturated/α-hetero) is 1. The monoisotopic (exact) mass is 336 g/mol. The molecule has 0 fully saturated rings. The van der Waals surface area contributed by atoms with Gasteiger partial charge in [-0.3, -0.25) is 9.59 Å². The Hall–Kier alpha value is -2.11. The third-order valence-electron chi connectivity index (χ3n) is 4.16. The molecule has 1 heterocycles. The second kappa shape index (κ2) is 8.13. The second-order valence-electron chi connectivity index (χ2n) is 6.43. The van der Waals surface area contributed by atoms with Crippen LogP contribution in [0.1, 0.15) is 59.3 Å². The Morgan fingerprint density at radius 2 is 1.79 bits per heavy atom. The number of hydrogen-bond acceptors (Lipinski definition) is 4. The number of rotatable bonds is 7. The minimum Gasteiger partial charge on any atom is -0.464 e. The molecule has 134 valence electrons. The van der Waals surface area contributed by atoms with Gasteiger partial charge in [0.1, 0.15) is 5.69 Å². The molecule has 0 saturated carbocycles. The Morgan fingerprint density at radius 3 is 2.25 bits per heavy atom. The molecule has 0 atom stereocenters. The molecule has 0 N–H and O–H groups in total. The quantitative estimate of drug-likeness (QED) is 0.567. The van der Waals surface area contributed by atoms with Crippen molar-refractivity contribution in [2.75, 3.05) is 20.2 Å². The second-order valence-corrected chi connectivity index (χ2v) is 6.43. The van der Waals surface area contributed by atoms with Crippen LogP contribution in [0.3, 0.4) is 0 Å². The van der Waals surface area contributed by atoms with Crippen LogP contribution in [-0.2, 0) is 16.6 Å². The van der Waals surface area contributed by atoms with Crippen LogP contribution in [0, 0.1) is 19.8 Å². The largest absolute Gasteiger partial charge is 0.464 e. The molecule has 6 heteroatoms. The summed E-state index contributed by atoms with van der Waals surface area (Å²) in [5.74, 6) is -0.396. The smallest absolute Gasteiger partial charge is 0.354 e. The lowest BCUT2D eigenvalue weighted by molar-refractivity contribution is -0.130. The van der Waals surface area contributed by atoms with Gasteiger partial charge in [0, 0.05) is 31.3 Å². The van der Waals surface area contributed by atoms with Crippen LogP contribution in [0.2, 0.25) is 0 Å². The lowest BCUT2D eigenvalue weighted by atomic mass is 10.0. The van der Waals surface area contributed by atoms with Crippen molar-refractivity contribution in [2.24, 2.45) is 13.0 Å². The number of nitrogens with zero attached hydrogens (tertiary/aromatic N) is 2. The first-order valence-electron chi connectivity index (χ1n) is 8.20. The highest BCUT2D eigenvalue weighted by Gasteiger charge is 2.27. The lowest BCUT2D eigenvalue weighted by Crippen LogP contribution is -2.38. The molecule has 1 rings (SSSR count). The average molecular weight is 336 g/mol. The summed E-state index contributed by atoms with van der Waals surface area (Å²) < 4.78 is 6.47. The molecule has 0 aromatic carbocycles. The summed E-state index contributed by atoms with van der Waals surface area (Å²) in [5, 5.41) is 0. The SMILES string of the molecule is CCC(=O)N(CC(=O)c1c(C)c(C(=O)OC)n(C)c1C)CC(C)C. The van der Waals surface area contributed by atoms with E-state index in [-0.39, 0.29) is 24.2 Å². The summed E-state index contributed by atoms with van der Waals surface area (Å²) in [5.41, 5.74) is 2.16. The molecule has 1 amide bonds. The van der Waals surface area contributed by atoms with E-state index in [2.05, 4.69) is 0 Å². The van der Waals surface area contributed by atoms with E-state index in [0.29, 0.717) is 35.5 Å². The fraction of sp³-hybridized carbons (Fsp3) is 0.611. The molecule has 1 aromatic rings. The molecule has 0 radical (unpaired) electrons. The van der Waals surface area contributed by atoms with Crippen LogP contribution in [0.4, 0.5) is 0 Å². The molecule has 0 aliphatic heterocycles. The number of carbonyl (C=O) groups excluding carboxylic acids is 3. The Morgan fingerprint density at radius 1 is 1.21 bits per heavy atom. The van der Waals surface area contributed by atoms with Crippen LogP contribution < -0.4 is 0 Å². The maximum atomic E-state index is 12.8. The van der Waals surface area contributed by atoms with E-state index >= 15 is 0 Å². The van der Waals surface area contributed by atoms with Gasteiger partial charge in [-0.1, -0.05) is 20.8 Å². The number of ketones is 1. The van der Waals surface area contributed by atoms with Crippen molar-refractivity contribution in [2.45, 2.75) is 41.0 Å². The fourth-order valence-corrected chi connectivity index (χ4v) is 2.95. The van der Waals surface area contributed by atoms with E-state index in [1.54, 1.807) is 37.3 Å². The van der Waals surface area contributed by atoms with Crippen LogP contribution in [0.5, 0.6) is 0 Å². The highest BCUT2D eigenvalue weighted by Crippen LogP contribution is 2.23. The van der Waals surface area contributed by atoms with Crippen molar-refractivity contribution < 1.29 is 19.1 Å². The van der Waals surface area contributed by atoms with E-state index in [0.717, 1.165) is 0 Å². The highest BCUT2D eigenvalue weighted by molar-refractivity contribution is 6.04. The summed E-state index contributed by atoms with van der Waals surface area (Å²) >= 11 is 0. The summed E-state index contributed by atoms with van der Waals surface area (Å²) in [7, 11) is 3.05. The van der Waals surface area contributed by atoms with E-state index in [1.165, 1.54) is 7.11 Å². The van der Waals surface area contributed by atoms with Crippen LogP contribution in [0.25, 0.3) is 0 Å². The van der Waals surface area contributed by atoms with Crippen molar-refractivity contribution in [3.63, 3.8) is 0 Å². The van der Waals surface area contributed by atoms with Gasteiger partial charge in [0.2, 0.25) is 5.91 Å². The van der Waals surface area contributed by atoms with Crippen molar-refractivity contribution in [3.8, 4) is 0 Å². The lowest BCUT2D eigenvalue weighted by Gasteiger charge is -2.23. The Kier molecular flexibility index (Phi) is 6.75. The summed E-state index contributed by atoms with van der Waals surface area (Å²) in [6.07, 6.45) is 0.361. The number of amides is 1. The normalized spacial score (nSPS) is 10.8. The van der Waals surface area contributed by atoms with Gasteiger partial charge in [0.25, 0.3) is 0 Å². The zero-order valence-corrected chi connectivity index (χ0v) is 15.7. The van der Waals surface area contributed by atoms with Crippen LogP contribution in [0.15, 0.2) is 0 Å². The van der Waals surface area contributed by atoms with Gasteiger partial charge in [-0.25, -0.2) is 4.79 Å². The van der Waals surface area contributed by atoms with E-state index in [9.17, 15) is 14.4 Å². The maximum Gasteiger partial charge on any atom is 0.354 e. The van der Waals surface area contributed by atoms with Gasteiger partial charge in [0.15, 0.2) is 5.78 Å². The fourth-order valence-electron chi connectivity index (χ4n) is 2.95. The molecule has 0 spiro atoms. The number of hydrogen-bond donors (Lipinski definition) is 0. The van der Waals surface area contributed by atoms with Crippen molar-refractivity contribution in [1.82, 2.24) is 9.47 Å². The van der Waals surface area contributed by atoms with Gasteiger partial charge in [-0.2, -0.15) is 0 Å². The zero-order valence-electron chi connectivity index (χ0n) is 15.7. The van der Waals surface area contributed by atoms with Gasteiger partial charge >= 0.3 is 5.97 Å². The first kappa shape index (κ1) is 19.9. The summed E-state index contributed by atoms with van der Waals surface area (Å²) in [6, 6.07) is 0. The standard InChI is InChI=1S/C18H28N2O4/c1-8-15(22)20(9-11(2)3)10-14(21)16-12(4)17(18(23)24-7)19(6)13(16)5/h11H,8-10H2,1-7H3. The summed E-state index contributed by atoms with van der Waals surface area (Å²) in [6.45, 7) is 9.89. The number of carbonyl (C=O) groups is 3. The number of aromatic nitrogens is 1. The predicted octanol–water partition coefficient (Wildman–Crippen LogP) is 2.51. The Balaban J connectivity index is 3.19. The third kappa shape index (κ3) is 4.04. The molecule has 0 aliphatic rings. The topological polar surface area (TPSA) is 68.6 Å². The van der Waals surface area contributed by atoms with Crippen molar-refractivity contribution in [1.29, 1.82) is 0 Å². The minimum absolute atomic E-state index is 0.0250. The molecule has 0 unspecified atom stereocenters. The highest BCUT2D eigenvalue weighted by atomic mass is 16.5. The number of esters is 1. The molecule has 0 bridgehead atoms. The van der Waals surface area contributed by atoms with E-state index in [4.69, 9.17) is 4.74 Å². The molecule has 6 nitrogen and oxygen atoms in total. The molecule has 0 saturated heterocycles.